The van der Waals surface area contributed by atoms with Crippen molar-refractivity contribution in [3.63, 3.8) is 0 Å². The summed E-state index contributed by atoms with van der Waals surface area (Å²) >= 11 is 0. The van der Waals surface area contributed by atoms with E-state index in [1.54, 1.807) is 6.92 Å². The van der Waals surface area contributed by atoms with Crippen molar-refractivity contribution in [1.29, 1.82) is 0 Å². The zero-order valence-corrected chi connectivity index (χ0v) is 7.57. The average Bonchev–Trinajstić information content (AvgIpc) is 2.36. The lowest BCUT2D eigenvalue weighted by Crippen LogP contribution is -2.26. The van der Waals surface area contributed by atoms with Crippen molar-refractivity contribution in [2.75, 3.05) is 11.8 Å². The van der Waals surface area contributed by atoms with E-state index in [0.717, 1.165) is 5.56 Å². The number of H-pyrrole nitrogens is 1. The SMILES string of the molecule is CNS(=O)(=O)Nc1[nH]ncc1C. The molecule has 0 saturated carbocycles. The van der Waals surface area contributed by atoms with Gasteiger partial charge in [-0.1, -0.05) is 0 Å². The monoisotopic (exact) mass is 190 g/mol. The molecule has 0 aliphatic heterocycles. The van der Waals surface area contributed by atoms with Crippen molar-refractivity contribution in [3.05, 3.63) is 11.8 Å². The Morgan fingerprint density at radius 3 is 2.67 bits per heavy atom. The Labute approximate surface area is 70.6 Å². The molecule has 0 aliphatic rings. The smallest absolute Gasteiger partial charge is 0.262 e. The molecule has 3 N–H and O–H groups in total. The number of nitrogens with one attached hydrogen (secondary N) is 3. The number of nitrogens with zero attached hydrogens (tertiary/aromatic N) is 1. The van der Waals surface area contributed by atoms with Crippen LogP contribution in [0.5, 0.6) is 0 Å². The van der Waals surface area contributed by atoms with Gasteiger partial charge in [0.2, 0.25) is 0 Å². The first-order valence-electron chi connectivity index (χ1n) is 3.26. The van der Waals surface area contributed by atoms with Crippen LogP contribution in [0, 0.1) is 6.92 Å². The largest absolute Gasteiger partial charge is 0.299 e. The quantitative estimate of drug-likeness (QED) is 0.605. The molecule has 0 bridgehead atoms. The van der Waals surface area contributed by atoms with E-state index in [1.165, 1.54) is 13.2 Å². The third-order valence-electron chi connectivity index (χ3n) is 1.33. The Hall–Kier alpha value is -1.08. The molecule has 0 amide bonds. The first kappa shape index (κ1) is 9.01. The van der Waals surface area contributed by atoms with Gasteiger partial charge in [-0.15, -0.1) is 0 Å². The molecule has 6 nitrogen and oxygen atoms in total. The Kier molecular flexibility index (Phi) is 2.34. The minimum absolute atomic E-state index is 0.379. The van der Waals surface area contributed by atoms with Gasteiger partial charge in [0.05, 0.1) is 6.20 Å². The number of hydrogen-bond donors (Lipinski definition) is 3. The molecule has 1 heterocycles. The van der Waals surface area contributed by atoms with Gasteiger partial charge in [-0.25, -0.2) is 4.72 Å². The van der Waals surface area contributed by atoms with Gasteiger partial charge in [-0.3, -0.25) is 9.82 Å². The maximum absolute atomic E-state index is 10.9. The molecule has 0 unspecified atom stereocenters. The maximum Gasteiger partial charge on any atom is 0.299 e. The van der Waals surface area contributed by atoms with Crippen molar-refractivity contribution < 1.29 is 8.42 Å². The van der Waals surface area contributed by atoms with Crippen LogP contribution in [0.15, 0.2) is 6.20 Å². The second kappa shape index (κ2) is 3.11. The van der Waals surface area contributed by atoms with Crippen molar-refractivity contribution >= 4 is 16.0 Å². The van der Waals surface area contributed by atoms with Gasteiger partial charge < -0.3 is 0 Å². The fourth-order valence-electron chi connectivity index (χ4n) is 0.635. The molecule has 0 aliphatic carbocycles. The molecule has 0 spiro atoms. The predicted molar refractivity (Wildman–Crippen MR) is 44.9 cm³/mol. The summed E-state index contributed by atoms with van der Waals surface area (Å²) in [5.74, 6) is 0.379. The highest BCUT2D eigenvalue weighted by molar-refractivity contribution is 7.90. The molecule has 7 heteroatoms. The van der Waals surface area contributed by atoms with E-state index in [1.807, 2.05) is 0 Å². The second-order valence-corrected chi connectivity index (χ2v) is 3.86. The zero-order valence-electron chi connectivity index (χ0n) is 6.75. The van der Waals surface area contributed by atoms with Crippen molar-refractivity contribution in [2.45, 2.75) is 6.92 Å². The van der Waals surface area contributed by atoms with Crippen LogP contribution in [0.25, 0.3) is 0 Å². The number of anilines is 1. The van der Waals surface area contributed by atoms with E-state index < -0.39 is 10.2 Å². The molecule has 0 aromatic carbocycles. The normalized spacial score (nSPS) is 11.5. The summed E-state index contributed by atoms with van der Waals surface area (Å²) < 4.78 is 26.3. The van der Waals surface area contributed by atoms with Crippen molar-refractivity contribution in [2.24, 2.45) is 0 Å². The average molecular weight is 190 g/mol. The van der Waals surface area contributed by atoms with Crippen LogP contribution in [0.2, 0.25) is 0 Å². The van der Waals surface area contributed by atoms with Gasteiger partial charge in [0.1, 0.15) is 5.82 Å². The molecule has 68 valence electrons. The molecule has 0 radical (unpaired) electrons. The summed E-state index contributed by atoms with van der Waals surface area (Å²) in [5.41, 5.74) is 0.744. The Balaban J connectivity index is 2.84. The van der Waals surface area contributed by atoms with E-state index in [9.17, 15) is 8.42 Å². The van der Waals surface area contributed by atoms with Gasteiger partial charge in [0.25, 0.3) is 10.2 Å². The number of aromatic nitrogens is 2. The van der Waals surface area contributed by atoms with E-state index in [2.05, 4.69) is 19.6 Å². The Morgan fingerprint density at radius 2 is 2.25 bits per heavy atom. The number of aryl methyl sites for hydroxylation is 1. The molecule has 0 fully saturated rings. The van der Waals surface area contributed by atoms with Crippen molar-refractivity contribution in [3.8, 4) is 0 Å². The van der Waals surface area contributed by atoms with Gasteiger partial charge in [-0.2, -0.15) is 13.5 Å². The summed E-state index contributed by atoms with van der Waals surface area (Å²) in [7, 11) is -2.11. The Bertz CT molecular complexity index is 355. The van der Waals surface area contributed by atoms with E-state index in [0.29, 0.717) is 5.82 Å². The van der Waals surface area contributed by atoms with E-state index >= 15 is 0 Å². The lowest BCUT2D eigenvalue weighted by Gasteiger charge is -2.03. The van der Waals surface area contributed by atoms with Gasteiger partial charge >= 0.3 is 0 Å². The van der Waals surface area contributed by atoms with Gasteiger partial charge in [-0.05, 0) is 6.92 Å². The number of aromatic amines is 1. The summed E-state index contributed by atoms with van der Waals surface area (Å²) in [5, 5.41) is 6.18. The van der Waals surface area contributed by atoms with Crippen LogP contribution in [-0.4, -0.2) is 25.7 Å². The zero-order chi connectivity index (χ0) is 9.19. The number of rotatable bonds is 3. The Morgan fingerprint density at radius 1 is 1.58 bits per heavy atom. The molecule has 0 atom stereocenters. The topological polar surface area (TPSA) is 86.9 Å². The highest BCUT2D eigenvalue weighted by Crippen LogP contribution is 2.08. The lowest BCUT2D eigenvalue weighted by molar-refractivity contribution is 0.593. The molecule has 12 heavy (non-hydrogen) atoms. The summed E-state index contributed by atoms with van der Waals surface area (Å²) in [6.07, 6.45) is 1.54. The molecule has 1 aromatic rings. The standard InChI is InChI=1S/C5H10N4O2S/c1-4-3-7-8-5(4)9-12(10,11)6-2/h3,6H,1-2H3,(H2,7,8,9). The highest BCUT2D eigenvalue weighted by Gasteiger charge is 2.08. The minimum Gasteiger partial charge on any atom is -0.262 e. The van der Waals surface area contributed by atoms with Crippen LogP contribution >= 0.6 is 0 Å². The molecule has 0 saturated heterocycles. The third-order valence-corrected chi connectivity index (χ3v) is 2.34. The molecular weight excluding hydrogens is 180 g/mol. The fourth-order valence-corrected chi connectivity index (χ4v) is 1.21. The second-order valence-electron chi connectivity index (χ2n) is 2.24. The first-order valence-corrected chi connectivity index (χ1v) is 4.75. The van der Waals surface area contributed by atoms with Gasteiger partial charge in [0, 0.05) is 12.6 Å². The first-order chi connectivity index (χ1) is 5.55. The third kappa shape index (κ3) is 1.95. The summed E-state index contributed by atoms with van der Waals surface area (Å²) in [6.45, 7) is 1.75. The van der Waals surface area contributed by atoms with Gasteiger partial charge in [0.15, 0.2) is 0 Å². The van der Waals surface area contributed by atoms with E-state index in [4.69, 9.17) is 0 Å². The minimum atomic E-state index is -3.44. The maximum atomic E-state index is 10.9. The predicted octanol–water partition coefficient (Wildman–Crippen LogP) is -0.406. The van der Waals surface area contributed by atoms with Crippen molar-refractivity contribution in [1.82, 2.24) is 14.9 Å². The lowest BCUT2D eigenvalue weighted by atomic mass is 10.4. The van der Waals surface area contributed by atoms with Crippen LogP contribution in [0.3, 0.4) is 0 Å². The van der Waals surface area contributed by atoms with Crippen LogP contribution in [-0.2, 0) is 10.2 Å². The summed E-state index contributed by atoms with van der Waals surface area (Å²) in [4.78, 5) is 0. The summed E-state index contributed by atoms with van der Waals surface area (Å²) in [6, 6.07) is 0. The fraction of sp³-hybridized carbons (Fsp3) is 0.400. The highest BCUT2D eigenvalue weighted by atomic mass is 32.2. The molecule has 1 aromatic heterocycles. The van der Waals surface area contributed by atoms with Crippen LogP contribution in [0.1, 0.15) is 5.56 Å². The van der Waals surface area contributed by atoms with Crippen LogP contribution < -0.4 is 9.44 Å². The number of hydrogen-bond acceptors (Lipinski definition) is 3. The molecular formula is C5H10N4O2S. The van der Waals surface area contributed by atoms with Crippen LogP contribution in [0.4, 0.5) is 5.82 Å². The van der Waals surface area contributed by atoms with E-state index in [-0.39, 0.29) is 0 Å². The molecule has 1 rings (SSSR count).